The fraction of sp³-hybridized carbons (Fsp3) is 1.00. The molecule has 0 radical (unpaired) electrons. The van der Waals surface area contributed by atoms with Gasteiger partial charge in [-0.2, -0.15) is 0 Å². The molecular weight excluding hydrogens is 200 g/mol. The molecular formula is C13H26N2O. The maximum absolute atomic E-state index is 5.94. The van der Waals surface area contributed by atoms with Crippen LogP contribution in [0.3, 0.4) is 0 Å². The second-order valence-electron chi connectivity index (χ2n) is 5.52. The molecule has 16 heavy (non-hydrogen) atoms. The van der Waals surface area contributed by atoms with E-state index < -0.39 is 0 Å². The SMILES string of the molecule is CC1CCCC(C)N1CC1CCC(CN)O1. The molecule has 0 aromatic carbocycles. The second kappa shape index (κ2) is 5.48. The Morgan fingerprint density at radius 3 is 2.25 bits per heavy atom. The molecule has 94 valence electrons. The third-order valence-electron chi connectivity index (χ3n) is 4.25. The molecule has 0 aromatic heterocycles. The van der Waals surface area contributed by atoms with E-state index in [1.807, 2.05) is 0 Å². The van der Waals surface area contributed by atoms with Crippen LogP contribution in [-0.4, -0.2) is 42.3 Å². The van der Waals surface area contributed by atoms with E-state index >= 15 is 0 Å². The summed E-state index contributed by atoms with van der Waals surface area (Å²) in [6.45, 7) is 6.50. The van der Waals surface area contributed by atoms with Gasteiger partial charge in [0.2, 0.25) is 0 Å². The van der Waals surface area contributed by atoms with Crippen molar-refractivity contribution in [2.45, 2.75) is 70.2 Å². The summed E-state index contributed by atoms with van der Waals surface area (Å²) >= 11 is 0. The number of piperidine rings is 1. The molecule has 0 bridgehead atoms. The molecule has 0 aliphatic carbocycles. The zero-order chi connectivity index (χ0) is 11.5. The maximum Gasteiger partial charge on any atom is 0.0707 e. The van der Waals surface area contributed by atoms with Crippen molar-refractivity contribution < 1.29 is 4.74 Å². The number of ether oxygens (including phenoxy) is 1. The quantitative estimate of drug-likeness (QED) is 0.797. The van der Waals surface area contributed by atoms with E-state index in [1.165, 1.54) is 25.7 Å². The molecule has 2 N–H and O–H groups in total. The molecule has 2 heterocycles. The Bertz CT molecular complexity index is 212. The number of rotatable bonds is 3. The number of hydrogen-bond donors (Lipinski definition) is 1. The Hall–Kier alpha value is -0.120. The molecule has 0 spiro atoms. The van der Waals surface area contributed by atoms with Gasteiger partial charge in [0.25, 0.3) is 0 Å². The Balaban J connectivity index is 1.83. The molecule has 3 nitrogen and oxygen atoms in total. The first-order chi connectivity index (χ1) is 7.70. The summed E-state index contributed by atoms with van der Waals surface area (Å²) in [6, 6.07) is 1.45. The van der Waals surface area contributed by atoms with Crippen LogP contribution in [0.2, 0.25) is 0 Å². The fourth-order valence-corrected chi connectivity index (χ4v) is 3.16. The van der Waals surface area contributed by atoms with Crippen LogP contribution >= 0.6 is 0 Å². The van der Waals surface area contributed by atoms with Crippen LogP contribution in [0.5, 0.6) is 0 Å². The fourth-order valence-electron chi connectivity index (χ4n) is 3.16. The molecule has 0 amide bonds. The van der Waals surface area contributed by atoms with Gasteiger partial charge in [-0.25, -0.2) is 0 Å². The number of hydrogen-bond acceptors (Lipinski definition) is 3. The summed E-state index contributed by atoms with van der Waals surface area (Å²) in [5.74, 6) is 0. The van der Waals surface area contributed by atoms with Crippen molar-refractivity contribution in [1.29, 1.82) is 0 Å². The van der Waals surface area contributed by atoms with Gasteiger partial charge in [-0.3, -0.25) is 4.90 Å². The molecule has 4 atom stereocenters. The van der Waals surface area contributed by atoms with E-state index in [2.05, 4.69) is 18.7 Å². The monoisotopic (exact) mass is 226 g/mol. The van der Waals surface area contributed by atoms with Crippen molar-refractivity contribution in [3.63, 3.8) is 0 Å². The molecule has 2 fully saturated rings. The van der Waals surface area contributed by atoms with Crippen LogP contribution in [-0.2, 0) is 4.74 Å². The number of likely N-dealkylation sites (tertiary alicyclic amines) is 1. The lowest BCUT2D eigenvalue weighted by atomic mass is 9.97. The zero-order valence-corrected chi connectivity index (χ0v) is 10.7. The van der Waals surface area contributed by atoms with Crippen molar-refractivity contribution >= 4 is 0 Å². The van der Waals surface area contributed by atoms with Gasteiger partial charge in [-0.15, -0.1) is 0 Å². The van der Waals surface area contributed by atoms with E-state index in [9.17, 15) is 0 Å². The predicted octanol–water partition coefficient (Wildman–Crippen LogP) is 1.76. The first kappa shape index (κ1) is 12.3. The zero-order valence-electron chi connectivity index (χ0n) is 10.7. The molecule has 2 saturated heterocycles. The van der Waals surface area contributed by atoms with Gasteiger partial charge >= 0.3 is 0 Å². The average molecular weight is 226 g/mol. The van der Waals surface area contributed by atoms with Gasteiger partial charge in [-0.05, 0) is 39.5 Å². The van der Waals surface area contributed by atoms with Crippen molar-refractivity contribution in [2.24, 2.45) is 5.73 Å². The lowest BCUT2D eigenvalue weighted by Crippen LogP contribution is -2.47. The summed E-state index contributed by atoms with van der Waals surface area (Å²) in [6.07, 6.45) is 7.16. The lowest BCUT2D eigenvalue weighted by Gasteiger charge is -2.40. The minimum Gasteiger partial charge on any atom is -0.372 e. The maximum atomic E-state index is 5.94. The topological polar surface area (TPSA) is 38.5 Å². The Morgan fingerprint density at radius 1 is 1.06 bits per heavy atom. The highest BCUT2D eigenvalue weighted by atomic mass is 16.5. The highest BCUT2D eigenvalue weighted by molar-refractivity contribution is 4.84. The van der Waals surface area contributed by atoms with E-state index in [4.69, 9.17) is 10.5 Å². The summed E-state index contributed by atoms with van der Waals surface area (Å²) in [5, 5.41) is 0. The summed E-state index contributed by atoms with van der Waals surface area (Å²) < 4.78 is 5.94. The Morgan fingerprint density at radius 2 is 1.69 bits per heavy atom. The van der Waals surface area contributed by atoms with E-state index in [-0.39, 0.29) is 0 Å². The summed E-state index contributed by atoms with van der Waals surface area (Å²) in [4.78, 5) is 2.63. The Kier molecular flexibility index (Phi) is 4.22. The molecule has 2 rings (SSSR count). The van der Waals surface area contributed by atoms with Gasteiger partial charge in [0.15, 0.2) is 0 Å². The first-order valence-corrected chi connectivity index (χ1v) is 6.82. The van der Waals surface area contributed by atoms with Crippen molar-refractivity contribution in [3.05, 3.63) is 0 Å². The third-order valence-corrected chi connectivity index (χ3v) is 4.25. The standard InChI is InChI=1S/C13H26N2O/c1-10-4-3-5-11(2)15(10)9-13-7-6-12(8-14)16-13/h10-13H,3-9,14H2,1-2H3. The Labute approximate surface area is 99.3 Å². The molecule has 3 heteroatoms. The van der Waals surface area contributed by atoms with Crippen LogP contribution < -0.4 is 5.73 Å². The van der Waals surface area contributed by atoms with E-state index in [0.29, 0.717) is 18.8 Å². The van der Waals surface area contributed by atoms with Crippen molar-refractivity contribution in [1.82, 2.24) is 4.90 Å². The first-order valence-electron chi connectivity index (χ1n) is 6.82. The summed E-state index contributed by atoms with van der Waals surface area (Å²) in [7, 11) is 0. The van der Waals surface area contributed by atoms with E-state index in [1.54, 1.807) is 0 Å². The van der Waals surface area contributed by atoms with Crippen LogP contribution in [0.25, 0.3) is 0 Å². The largest absolute Gasteiger partial charge is 0.372 e. The molecule has 2 aliphatic rings. The van der Waals surface area contributed by atoms with Gasteiger partial charge < -0.3 is 10.5 Å². The van der Waals surface area contributed by atoms with Gasteiger partial charge in [-0.1, -0.05) is 6.42 Å². The van der Waals surface area contributed by atoms with Crippen LogP contribution in [0.4, 0.5) is 0 Å². The molecule has 4 unspecified atom stereocenters. The van der Waals surface area contributed by atoms with Gasteiger partial charge in [0, 0.05) is 25.2 Å². The summed E-state index contributed by atoms with van der Waals surface area (Å²) in [5.41, 5.74) is 5.65. The smallest absolute Gasteiger partial charge is 0.0707 e. The highest BCUT2D eigenvalue weighted by Crippen LogP contribution is 2.26. The lowest BCUT2D eigenvalue weighted by molar-refractivity contribution is -0.00208. The normalized spacial score (nSPS) is 41.4. The second-order valence-corrected chi connectivity index (χ2v) is 5.52. The van der Waals surface area contributed by atoms with Crippen molar-refractivity contribution in [3.8, 4) is 0 Å². The van der Waals surface area contributed by atoms with Crippen LogP contribution in [0.1, 0.15) is 46.0 Å². The van der Waals surface area contributed by atoms with E-state index in [0.717, 1.165) is 25.0 Å². The third kappa shape index (κ3) is 2.76. The van der Waals surface area contributed by atoms with Crippen LogP contribution in [0, 0.1) is 0 Å². The van der Waals surface area contributed by atoms with Gasteiger partial charge in [0.1, 0.15) is 0 Å². The van der Waals surface area contributed by atoms with Crippen LogP contribution in [0.15, 0.2) is 0 Å². The molecule has 2 aliphatic heterocycles. The van der Waals surface area contributed by atoms with Crippen molar-refractivity contribution in [2.75, 3.05) is 13.1 Å². The predicted molar refractivity (Wildman–Crippen MR) is 66.4 cm³/mol. The molecule has 0 aromatic rings. The minimum atomic E-state index is 0.320. The number of nitrogens with zero attached hydrogens (tertiary/aromatic N) is 1. The highest BCUT2D eigenvalue weighted by Gasteiger charge is 2.31. The minimum absolute atomic E-state index is 0.320. The van der Waals surface area contributed by atoms with Gasteiger partial charge in [0.05, 0.1) is 12.2 Å². The number of nitrogens with two attached hydrogens (primary N) is 1. The average Bonchev–Trinajstić information content (AvgIpc) is 2.71. The molecule has 0 saturated carbocycles.